The molecule has 15 heavy (non-hydrogen) atoms. The smallest absolute Gasteiger partial charge is 0.222 e. The second kappa shape index (κ2) is 9.97. The zero-order valence-corrected chi connectivity index (χ0v) is 10.3. The van der Waals surface area contributed by atoms with Gasteiger partial charge < -0.3 is 10.1 Å². The van der Waals surface area contributed by atoms with Crippen LogP contribution in [0.2, 0.25) is 0 Å². The lowest BCUT2D eigenvalue weighted by atomic mass is 10.2. The molecule has 0 bridgehead atoms. The standard InChI is InChI=1S/C12H25NO2.H2/c1-4-15-10-8-6-5-7-9-13-12(14)11(2)3;/h11H,4-10H2,1-3H3,(H,13,14);1H. The average Bonchev–Trinajstić information content (AvgIpc) is 2.21. The van der Waals surface area contributed by atoms with Crippen molar-refractivity contribution in [3.05, 3.63) is 0 Å². The molecule has 1 N–H and O–H groups in total. The van der Waals surface area contributed by atoms with E-state index in [-0.39, 0.29) is 13.3 Å². The molecule has 0 aromatic carbocycles. The molecule has 0 saturated carbocycles. The van der Waals surface area contributed by atoms with Crippen molar-refractivity contribution in [1.82, 2.24) is 5.32 Å². The Hall–Kier alpha value is -0.570. The summed E-state index contributed by atoms with van der Waals surface area (Å²) in [5.41, 5.74) is 0. The first kappa shape index (κ1) is 14.4. The molecular weight excluding hydrogens is 190 g/mol. The number of hydrogen-bond acceptors (Lipinski definition) is 2. The predicted molar refractivity (Wildman–Crippen MR) is 64.9 cm³/mol. The van der Waals surface area contributed by atoms with E-state index in [0.717, 1.165) is 32.6 Å². The lowest BCUT2D eigenvalue weighted by Crippen LogP contribution is -2.28. The molecule has 0 saturated heterocycles. The summed E-state index contributed by atoms with van der Waals surface area (Å²) in [4.78, 5) is 11.2. The van der Waals surface area contributed by atoms with Crippen LogP contribution in [0, 0.1) is 5.92 Å². The largest absolute Gasteiger partial charge is 0.382 e. The molecule has 0 radical (unpaired) electrons. The van der Waals surface area contributed by atoms with Gasteiger partial charge in [0.05, 0.1) is 0 Å². The molecule has 0 aliphatic rings. The Morgan fingerprint density at radius 2 is 1.93 bits per heavy atom. The summed E-state index contributed by atoms with van der Waals surface area (Å²) in [5, 5.41) is 2.91. The third-order valence-corrected chi connectivity index (χ3v) is 2.24. The first-order chi connectivity index (χ1) is 7.18. The summed E-state index contributed by atoms with van der Waals surface area (Å²) < 4.78 is 5.24. The topological polar surface area (TPSA) is 38.3 Å². The Labute approximate surface area is 95.1 Å². The van der Waals surface area contributed by atoms with E-state index in [9.17, 15) is 4.79 Å². The highest BCUT2D eigenvalue weighted by molar-refractivity contribution is 5.77. The van der Waals surface area contributed by atoms with E-state index in [1.54, 1.807) is 0 Å². The molecule has 0 spiro atoms. The van der Waals surface area contributed by atoms with E-state index in [0.29, 0.717) is 0 Å². The molecule has 0 aromatic heterocycles. The summed E-state index contributed by atoms with van der Waals surface area (Å²) in [6, 6.07) is 0. The van der Waals surface area contributed by atoms with Crippen LogP contribution in [0.5, 0.6) is 0 Å². The lowest BCUT2D eigenvalue weighted by Gasteiger charge is -2.07. The van der Waals surface area contributed by atoms with E-state index in [2.05, 4.69) is 5.32 Å². The van der Waals surface area contributed by atoms with Gasteiger partial charge in [-0.2, -0.15) is 0 Å². The van der Waals surface area contributed by atoms with Gasteiger partial charge in [0.1, 0.15) is 0 Å². The first-order valence-electron chi connectivity index (χ1n) is 6.04. The van der Waals surface area contributed by atoms with E-state index < -0.39 is 0 Å². The van der Waals surface area contributed by atoms with E-state index >= 15 is 0 Å². The SMILES string of the molecule is CCOCCCCCCNC(=O)C(C)C.[HH]. The second-order valence-corrected chi connectivity index (χ2v) is 4.06. The number of unbranched alkanes of at least 4 members (excludes halogenated alkanes) is 3. The van der Waals surface area contributed by atoms with Crippen molar-refractivity contribution in [3.63, 3.8) is 0 Å². The lowest BCUT2D eigenvalue weighted by molar-refractivity contribution is -0.123. The minimum Gasteiger partial charge on any atom is -0.382 e. The maximum absolute atomic E-state index is 11.2. The Balaban J connectivity index is 0. The molecule has 0 aliphatic heterocycles. The van der Waals surface area contributed by atoms with E-state index in [1.165, 1.54) is 12.8 Å². The first-order valence-corrected chi connectivity index (χ1v) is 6.04. The van der Waals surface area contributed by atoms with Crippen LogP contribution in [0.25, 0.3) is 0 Å². The van der Waals surface area contributed by atoms with Gasteiger partial charge in [-0.1, -0.05) is 26.7 Å². The predicted octanol–water partition coefficient (Wildman–Crippen LogP) is 2.60. The number of rotatable bonds is 9. The number of nitrogens with one attached hydrogen (secondary N) is 1. The van der Waals surface area contributed by atoms with Crippen molar-refractivity contribution in [2.45, 2.75) is 46.5 Å². The normalized spacial score (nSPS) is 10.7. The Kier molecular flexibility index (Phi) is 9.59. The summed E-state index contributed by atoms with van der Waals surface area (Å²) >= 11 is 0. The number of amides is 1. The highest BCUT2D eigenvalue weighted by atomic mass is 16.5. The fourth-order valence-corrected chi connectivity index (χ4v) is 1.24. The van der Waals surface area contributed by atoms with Crippen LogP contribution in [-0.2, 0) is 9.53 Å². The third kappa shape index (κ3) is 9.73. The molecule has 0 unspecified atom stereocenters. The van der Waals surface area contributed by atoms with Gasteiger partial charge in [0.15, 0.2) is 0 Å². The van der Waals surface area contributed by atoms with Crippen LogP contribution in [0.1, 0.15) is 47.9 Å². The van der Waals surface area contributed by atoms with Gasteiger partial charge in [-0.3, -0.25) is 4.79 Å². The van der Waals surface area contributed by atoms with Crippen molar-refractivity contribution >= 4 is 5.91 Å². The van der Waals surface area contributed by atoms with Crippen LogP contribution in [0.3, 0.4) is 0 Å². The van der Waals surface area contributed by atoms with Crippen LogP contribution in [0.15, 0.2) is 0 Å². The zero-order valence-electron chi connectivity index (χ0n) is 10.3. The number of hydrogen-bond donors (Lipinski definition) is 1. The Morgan fingerprint density at radius 3 is 2.53 bits per heavy atom. The van der Waals surface area contributed by atoms with E-state index in [1.807, 2.05) is 20.8 Å². The van der Waals surface area contributed by atoms with Crippen molar-refractivity contribution in [2.24, 2.45) is 5.92 Å². The Bertz CT molecular complexity index is 163. The quantitative estimate of drug-likeness (QED) is 0.603. The fraction of sp³-hybridized carbons (Fsp3) is 0.917. The van der Waals surface area contributed by atoms with Crippen molar-refractivity contribution in [2.75, 3.05) is 19.8 Å². The maximum atomic E-state index is 11.2. The summed E-state index contributed by atoms with van der Waals surface area (Å²) in [6.07, 6.45) is 4.57. The number of ether oxygens (including phenoxy) is 1. The van der Waals surface area contributed by atoms with Crippen LogP contribution < -0.4 is 5.32 Å². The van der Waals surface area contributed by atoms with Crippen LogP contribution in [-0.4, -0.2) is 25.7 Å². The number of carbonyl (C=O) groups is 1. The summed E-state index contributed by atoms with van der Waals surface area (Å²) in [6.45, 7) is 8.33. The maximum Gasteiger partial charge on any atom is 0.222 e. The van der Waals surface area contributed by atoms with Gasteiger partial charge in [0.25, 0.3) is 0 Å². The van der Waals surface area contributed by atoms with Crippen molar-refractivity contribution in [3.8, 4) is 0 Å². The molecule has 3 heteroatoms. The van der Waals surface area contributed by atoms with Gasteiger partial charge in [0.2, 0.25) is 5.91 Å². The molecular formula is C12H27NO2. The minimum atomic E-state index is 0. The van der Waals surface area contributed by atoms with Gasteiger partial charge in [-0.25, -0.2) is 0 Å². The molecule has 0 aromatic rings. The molecule has 0 rings (SSSR count). The average molecular weight is 217 g/mol. The van der Waals surface area contributed by atoms with Crippen molar-refractivity contribution < 1.29 is 11.0 Å². The minimum absolute atomic E-state index is 0. The molecule has 1 amide bonds. The van der Waals surface area contributed by atoms with Crippen LogP contribution >= 0.6 is 0 Å². The van der Waals surface area contributed by atoms with Gasteiger partial charge >= 0.3 is 0 Å². The molecule has 0 fully saturated rings. The van der Waals surface area contributed by atoms with Gasteiger partial charge in [-0.05, 0) is 19.8 Å². The molecule has 0 aliphatic carbocycles. The van der Waals surface area contributed by atoms with Gasteiger partial charge in [-0.15, -0.1) is 0 Å². The van der Waals surface area contributed by atoms with E-state index in [4.69, 9.17) is 4.74 Å². The van der Waals surface area contributed by atoms with Crippen molar-refractivity contribution in [1.29, 1.82) is 0 Å². The second-order valence-electron chi connectivity index (χ2n) is 4.06. The van der Waals surface area contributed by atoms with Gasteiger partial charge in [0, 0.05) is 27.1 Å². The highest BCUT2D eigenvalue weighted by Crippen LogP contribution is 1.99. The third-order valence-electron chi connectivity index (χ3n) is 2.24. The molecule has 92 valence electrons. The zero-order chi connectivity index (χ0) is 11.5. The highest BCUT2D eigenvalue weighted by Gasteiger charge is 2.04. The van der Waals surface area contributed by atoms with Crippen LogP contribution in [0.4, 0.5) is 0 Å². The molecule has 3 nitrogen and oxygen atoms in total. The molecule has 0 heterocycles. The summed E-state index contributed by atoms with van der Waals surface area (Å²) in [5.74, 6) is 0.257. The monoisotopic (exact) mass is 217 g/mol. The summed E-state index contributed by atoms with van der Waals surface area (Å²) in [7, 11) is 0. The Morgan fingerprint density at radius 1 is 1.27 bits per heavy atom. The number of carbonyl (C=O) groups excluding carboxylic acids is 1. The molecule has 0 atom stereocenters. The fourth-order valence-electron chi connectivity index (χ4n) is 1.24.